The van der Waals surface area contributed by atoms with E-state index >= 15 is 0 Å². The summed E-state index contributed by atoms with van der Waals surface area (Å²) in [6.07, 6.45) is 6.70. The van der Waals surface area contributed by atoms with Crippen LogP contribution >= 0.6 is 0 Å². The van der Waals surface area contributed by atoms with Crippen molar-refractivity contribution in [2.24, 2.45) is 0 Å². The maximum Gasteiger partial charge on any atom is 0.121 e. The number of rotatable bonds is 9. The maximum atomic E-state index is 12.7. The summed E-state index contributed by atoms with van der Waals surface area (Å²) in [5.74, 6) is 0.474. The molecule has 1 aliphatic rings. The molecule has 0 spiro atoms. The molecule has 3 aromatic heterocycles. The third kappa shape index (κ3) is 10.1. The Bertz CT molecular complexity index is 3810. The quantitative estimate of drug-likeness (QED) is 0.135. The zero-order valence-corrected chi connectivity index (χ0v) is 43.9. The molecule has 11 aromatic rings. The minimum Gasteiger partial charge on any atom is -0.501 e. The van der Waals surface area contributed by atoms with Gasteiger partial charge in [0, 0.05) is 48.7 Å². The monoisotopic (exact) mass is 1140 g/mol. The minimum absolute atomic E-state index is 0. The van der Waals surface area contributed by atoms with Gasteiger partial charge in [-0.05, 0) is 129 Å². The van der Waals surface area contributed by atoms with Crippen molar-refractivity contribution in [1.29, 1.82) is 0 Å². The van der Waals surface area contributed by atoms with Gasteiger partial charge in [-0.25, -0.2) is 0 Å². The van der Waals surface area contributed by atoms with E-state index in [1.165, 1.54) is 69.9 Å². The van der Waals surface area contributed by atoms with E-state index in [0.717, 1.165) is 86.7 Å². The second-order valence-corrected chi connectivity index (χ2v) is 19.5. The molecule has 6 heteroatoms. The van der Waals surface area contributed by atoms with Gasteiger partial charge in [0.25, 0.3) is 0 Å². The number of imidazole rings is 1. The number of pyridine rings is 1. The minimum atomic E-state index is -2.15. The topological polar surface area (TPSA) is 43.9 Å². The Balaban J connectivity index is 0.000000319. The Morgan fingerprint density at radius 2 is 1.32 bits per heavy atom. The average Bonchev–Trinajstić information content (AvgIpc) is 4.02. The Labute approximate surface area is 448 Å². The number of hydrogen-bond donors (Lipinski definition) is 0. The van der Waals surface area contributed by atoms with Crippen molar-refractivity contribution in [3.8, 4) is 61.7 Å². The smallest absolute Gasteiger partial charge is 0.121 e. The molecule has 3 heterocycles. The molecule has 0 saturated heterocycles. The first kappa shape index (κ1) is 44.5. The van der Waals surface area contributed by atoms with Crippen molar-refractivity contribution in [2.75, 3.05) is 0 Å². The van der Waals surface area contributed by atoms with Gasteiger partial charge in [0.2, 0.25) is 0 Å². The molecule has 0 aliphatic heterocycles. The third-order valence-electron chi connectivity index (χ3n) is 14.1. The summed E-state index contributed by atoms with van der Waals surface area (Å²) in [5, 5.41) is 2.11. The van der Waals surface area contributed by atoms with Crippen molar-refractivity contribution in [3.63, 3.8) is 0 Å². The van der Waals surface area contributed by atoms with Crippen LogP contribution in [0.25, 0.3) is 94.7 Å². The van der Waals surface area contributed by atoms with Crippen LogP contribution in [0.15, 0.2) is 187 Å². The van der Waals surface area contributed by atoms with Crippen LogP contribution in [0.3, 0.4) is 0 Å². The Kier molecular flexibility index (Phi) is 13.1. The molecule has 0 bridgehead atoms. The van der Waals surface area contributed by atoms with Crippen LogP contribution in [-0.4, -0.2) is 14.5 Å². The molecule has 1 fully saturated rings. The van der Waals surface area contributed by atoms with E-state index in [2.05, 4.69) is 189 Å². The third-order valence-corrected chi connectivity index (χ3v) is 14.1. The normalized spacial score (nSPS) is 14.3. The second kappa shape index (κ2) is 21.5. The summed E-state index contributed by atoms with van der Waals surface area (Å²) in [6.45, 7) is 7.02. The molecule has 365 valence electrons. The first-order chi connectivity index (χ1) is 36.7. The second-order valence-electron chi connectivity index (χ2n) is 19.5. The van der Waals surface area contributed by atoms with Gasteiger partial charge in [0.1, 0.15) is 5.58 Å². The van der Waals surface area contributed by atoms with E-state index in [4.69, 9.17) is 14.9 Å². The summed E-state index contributed by atoms with van der Waals surface area (Å²) in [5.41, 5.74) is 17.8. The molecule has 12 rings (SSSR count). The number of nitrogens with zero attached hydrogens (tertiary/aromatic N) is 3. The Morgan fingerprint density at radius 1 is 0.658 bits per heavy atom. The molecule has 1 saturated carbocycles. The fourth-order valence-corrected chi connectivity index (χ4v) is 10.3. The summed E-state index contributed by atoms with van der Waals surface area (Å²) >= 11 is 0. The number of halogens is 1. The van der Waals surface area contributed by atoms with E-state index in [1.807, 2.05) is 6.07 Å². The first-order valence-electron chi connectivity index (χ1n) is 27.2. The van der Waals surface area contributed by atoms with Crippen molar-refractivity contribution in [1.82, 2.24) is 14.5 Å². The molecule has 0 unspecified atom stereocenters. The molecule has 4 nitrogen and oxygen atoms in total. The van der Waals surface area contributed by atoms with Crippen LogP contribution in [0.1, 0.15) is 105 Å². The molecule has 73 heavy (non-hydrogen) atoms. The van der Waals surface area contributed by atoms with E-state index in [1.54, 1.807) is 12.1 Å². The van der Waals surface area contributed by atoms with Gasteiger partial charge in [-0.15, -0.1) is 48.0 Å². The molecule has 0 atom stereocenters. The van der Waals surface area contributed by atoms with Crippen LogP contribution in [0.4, 0.5) is 4.39 Å². The van der Waals surface area contributed by atoms with Gasteiger partial charge in [-0.1, -0.05) is 173 Å². The van der Waals surface area contributed by atoms with Gasteiger partial charge in [0.15, 0.2) is 0 Å². The zero-order chi connectivity index (χ0) is 52.7. The largest absolute Gasteiger partial charge is 0.501 e. The van der Waals surface area contributed by atoms with Crippen molar-refractivity contribution in [3.05, 3.63) is 222 Å². The predicted molar refractivity (Wildman–Crippen MR) is 296 cm³/mol. The summed E-state index contributed by atoms with van der Waals surface area (Å²) in [7, 11) is 0. The molecule has 0 amide bonds. The van der Waals surface area contributed by atoms with Crippen LogP contribution in [0.2, 0.25) is 0 Å². The molecular weight excluding hydrogens is 1070 g/mol. The van der Waals surface area contributed by atoms with Crippen molar-refractivity contribution < 1.29 is 34.4 Å². The Morgan fingerprint density at radius 3 is 1.99 bits per heavy atom. The number of para-hydroxylation sites is 2. The number of aromatic nitrogens is 3. The van der Waals surface area contributed by atoms with Crippen molar-refractivity contribution in [2.45, 2.75) is 84.4 Å². The zero-order valence-electron chi connectivity index (χ0n) is 45.5. The number of furan rings is 1. The fraction of sp³-hybridized carbons (Fsp3) is 0.194. The van der Waals surface area contributed by atoms with Crippen LogP contribution in [-0.2, 0) is 20.1 Å². The van der Waals surface area contributed by atoms with E-state index in [9.17, 15) is 4.39 Å². The van der Waals surface area contributed by atoms with Crippen LogP contribution < -0.4 is 0 Å². The molecule has 8 aromatic carbocycles. The number of benzene rings is 8. The van der Waals surface area contributed by atoms with Crippen LogP contribution in [0, 0.1) is 24.8 Å². The number of fused-ring (bicyclic) bond motifs is 4. The van der Waals surface area contributed by atoms with Gasteiger partial charge in [-0.3, -0.25) is 9.37 Å². The van der Waals surface area contributed by atoms with Crippen LogP contribution in [0.5, 0.6) is 0 Å². The average molecular weight is 1140 g/mol. The molecular formula is C67H58FIrN3O-2. The first-order valence-corrected chi connectivity index (χ1v) is 25.2. The molecule has 0 N–H and O–H groups in total. The summed E-state index contributed by atoms with van der Waals surface area (Å²) < 4.78 is 52.7. The maximum absolute atomic E-state index is 12.7. The summed E-state index contributed by atoms with van der Waals surface area (Å²) in [4.78, 5) is 9.40. The SMILES string of the molecule is [2H]C([2H])([2H])c1ccc(-c2[c-]cc(F)cc2)nc1.[2H]C1(c2ccc(-c3ccc4c(c3)oc3c(-c5nc6ccccc6n5-c5c(C(C)C)cc(-c6ccc(-c7ccccc7)cc6)cc5C(C)C)[c-]ccc34)cc2)CCCCC1.[Ir]. The standard InChI is InChI=1S/C55H49N2O.C12H9FN.Ir/c1-35(2)48-32-44(42-28-24-40(25-29-42)38-16-9-6-10-17-38)33-49(36(3)4)53(48)57-51-21-12-11-20-50(51)56-55(57)47-19-13-18-46-45-31-30-43(34-52(45)58-54(46)47)41-26-22-39(23-27-41)37-14-7-5-8-15-37;1-9-2-7-12(14-8-9)10-3-5-11(13)6-4-10;/h6,9-13,16-18,20-37H,5,7-8,14-15H2,1-4H3;2-3,5-8H,1H3;/q2*-1;/i37D;1D3;. The van der Waals surface area contributed by atoms with E-state index in [0.29, 0.717) is 11.3 Å². The van der Waals surface area contributed by atoms with E-state index in [-0.39, 0.29) is 43.3 Å². The van der Waals surface area contributed by atoms with Gasteiger partial charge in [-0.2, -0.15) is 0 Å². The summed E-state index contributed by atoms with van der Waals surface area (Å²) in [6, 6.07) is 65.6. The van der Waals surface area contributed by atoms with Gasteiger partial charge >= 0.3 is 0 Å². The van der Waals surface area contributed by atoms with E-state index < -0.39 is 12.7 Å². The fourth-order valence-electron chi connectivity index (χ4n) is 10.3. The van der Waals surface area contributed by atoms with Gasteiger partial charge in [0.05, 0.1) is 22.4 Å². The Hall–Kier alpha value is -7.24. The van der Waals surface area contributed by atoms with Crippen molar-refractivity contribution >= 4 is 33.0 Å². The number of hydrogen-bond acceptors (Lipinski definition) is 3. The molecule has 1 radical (unpaired) electrons. The van der Waals surface area contributed by atoms with Gasteiger partial charge < -0.3 is 14.0 Å². The predicted octanol–water partition coefficient (Wildman–Crippen LogP) is 18.7. The molecule has 1 aliphatic carbocycles. The number of aryl methyl sites for hydroxylation is 1.